The van der Waals surface area contributed by atoms with Gasteiger partial charge in [-0.15, -0.1) is 0 Å². The van der Waals surface area contributed by atoms with Crippen LogP contribution in [0.3, 0.4) is 0 Å². The van der Waals surface area contributed by atoms with Crippen LogP contribution in [0.1, 0.15) is 0 Å². The van der Waals surface area contributed by atoms with E-state index in [9.17, 15) is 14.9 Å². The summed E-state index contributed by atoms with van der Waals surface area (Å²) in [7, 11) is 1.50. The first-order valence-corrected chi connectivity index (χ1v) is 7.37. The van der Waals surface area contributed by atoms with Crippen molar-refractivity contribution >= 4 is 28.3 Å². The summed E-state index contributed by atoms with van der Waals surface area (Å²) in [6, 6.07) is 12.7. The van der Waals surface area contributed by atoms with Gasteiger partial charge in [0, 0.05) is 30.8 Å². The van der Waals surface area contributed by atoms with E-state index in [1.165, 1.54) is 19.3 Å². The second-order valence-corrected chi connectivity index (χ2v) is 5.07. The largest absolute Gasteiger partial charge is 0.457 e. The monoisotopic (exact) mass is 338 g/mol. The number of anilines is 1. The molecule has 0 saturated heterocycles. The Hall–Kier alpha value is -3.68. The number of pyridine rings is 1. The highest BCUT2D eigenvalue weighted by Gasteiger charge is 2.15. The van der Waals surface area contributed by atoms with Gasteiger partial charge in [0.2, 0.25) is 0 Å². The molecule has 0 saturated carbocycles. The molecule has 0 atom stereocenters. The van der Waals surface area contributed by atoms with Gasteiger partial charge in [0.05, 0.1) is 10.3 Å². The second-order valence-electron chi connectivity index (χ2n) is 5.07. The molecule has 3 rings (SSSR count). The number of fused-ring (bicyclic) bond motifs is 1. The molecule has 3 aromatic rings. The number of carbonyl (C=O) groups is 1. The average molecular weight is 338 g/mol. The number of amides is 2. The van der Waals surface area contributed by atoms with Gasteiger partial charge in [-0.1, -0.05) is 18.2 Å². The van der Waals surface area contributed by atoms with Crippen LogP contribution in [0, 0.1) is 10.1 Å². The number of non-ortho nitro benzene ring substituents is 1. The molecule has 0 aliphatic carbocycles. The summed E-state index contributed by atoms with van der Waals surface area (Å²) in [6.07, 6.45) is 1.49. The zero-order chi connectivity index (χ0) is 17.8. The third-order valence-electron chi connectivity index (χ3n) is 3.49. The van der Waals surface area contributed by atoms with Crippen LogP contribution < -0.4 is 15.4 Å². The Kier molecular flexibility index (Phi) is 4.42. The Morgan fingerprint density at radius 3 is 2.64 bits per heavy atom. The van der Waals surface area contributed by atoms with Crippen LogP contribution in [-0.4, -0.2) is 23.0 Å². The molecule has 1 aromatic heterocycles. The third kappa shape index (κ3) is 3.47. The van der Waals surface area contributed by atoms with E-state index in [1.54, 1.807) is 42.5 Å². The first-order chi connectivity index (χ1) is 12.1. The van der Waals surface area contributed by atoms with E-state index in [-0.39, 0.29) is 5.69 Å². The van der Waals surface area contributed by atoms with Crippen molar-refractivity contribution in [2.75, 3.05) is 12.4 Å². The lowest BCUT2D eigenvalue weighted by molar-refractivity contribution is -0.383. The van der Waals surface area contributed by atoms with Crippen LogP contribution in [0.15, 0.2) is 54.7 Å². The summed E-state index contributed by atoms with van der Waals surface area (Å²) in [4.78, 5) is 26.1. The first kappa shape index (κ1) is 16.2. The second kappa shape index (κ2) is 6.83. The predicted octanol–water partition coefficient (Wildman–Crippen LogP) is 3.69. The van der Waals surface area contributed by atoms with Crippen LogP contribution in [0.4, 0.5) is 16.3 Å². The fraction of sp³-hybridized carbons (Fsp3) is 0.0588. The van der Waals surface area contributed by atoms with Gasteiger partial charge in [-0.2, -0.15) is 0 Å². The lowest BCUT2D eigenvalue weighted by atomic mass is 10.1. The quantitative estimate of drug-likeness (QED) is 0.557. The molecule has 8 heteroatoms. The molecule has 126 valence electrons. The van der Waals surface area contributed by atoms with Crippen molar-refractivity contribution < 1.29 is 14.5 Å². The maximum atomic E-state index is 11.4. The molecule has 0 aliphatic heterocycles. The van der Waals surface area contributed by atoms with Gasteiger partial charge in [-0.05, 0) is 18.2 Å². The molecule has 25 heavy (non-hydrogen) atoms. The predicted molar refractivity (Wildman–Crippen MR) is 93.0 cm³/mol. The van der Waals surface area contributed by atoms with E-state index < -0.39 is 11.0 Å². The smallest absolute Gasteiger partial charge is 0.320 e. The first-order valence-electron chi connectivity index (χ1n) is 7.37. The number of hydrogen-bond donors (Lipinski definition) is 2. The zero-order valence-corrected chi connectivity index (χ0v) is 13.2. The number of urea groups is 1. The van der Waals surface area contributed by atoms with Gasteiger partial charge in [0.1, 0.15) is 17.3 Å². The molecule has 1 heterocycles. The number of nitrogens with one attached hydrogen (secondary N) is 2. The van der Waals surface area contributed by atoms with Crippen molar-refractivity contribution in [3.63, 3.8) is 0 Å². The minimum absolute atomic E-state index is 0.0136. The molecule has 0 fully saturated rings. The normalized spacial score (nSPS) is 10.3. The van der Waals surface area contributed by atoms with Gasteiger partial charge >= 0.3 is 6.03 Å². The molecule has 2 aromatic carbocycles. The zero-order valence-electron chi connectivity index (χ0n) is 13.2. The fourth-order valence-corrected chi connectivity index (χ4v) is 2.35. The summed E-state index contributed by atoms with van der Waals surface area (Å²) in [5, 5.41) is 17.3. The maximum absolute atomic E-state index is 11.4. The van der Waals surface area contributed by atoms with Crippen molar-refractivity contribution in [1.82, 2.24) is 10.3 Å². The van der Waals surface area contributed by atoms with Crippen molar-refractivity contribution in [1.29, 1.82) is 0 Å². The Labute approximate surface area is 142 Å². The molecule has 0 spiro atoms. The van der Waals surface area contributed by atoms with Crippen molar-refractivity contribution in [2.45, 2.75) is 0 Å². The van der Waals surface area contributed by atoms with E-state index in [4.69, 9.17) is 4.74 Å². The Balaban J connectivity index is 1.96. The molecule has 2 N–H and O–H groups in total. The summed E-state index contributed by atoms with van der Waals surface area (Å²) in [5.41, 5.74) is 0.0136. The average Bonchev–Trinajstić information content (AvgIpc) is 2.62. The van der Waals surface area contributed by atoms with E-state index in [0.717, 1.165) is 0 Å². The molecule has 8 nitrogen and oxygen atoms in total. The van der Waals surface area contributed by atoms with Crippen molar-refractivity contribution in [3.8, 4) is 11.5 Å². The summed E-state index contributed by atoms with van der Waals surface area (Å²) in [5.74, 6) is 1.24. The van der Waals surface area contributed by atoms with E-state index >= 15 is 0 Å². The number of nitro groups is 1. The highest BCUT2D eigenvalue weighted by Crippen LogP contribution is 2.35. The summed E-state index contributed by atoms with van der Waals surface area (Å²) < 4.78 is 5.85. The standard InChI is InChI=1S/C17H14N4O4/c1-18-17(22)20-16-10-11(8-9-19-16)25-15-7-6-14(21(23)24)12-4-2-3-5-13(12)15/h2-10H,1H3,(H2,18,19,20,22). The molecule has 2 amide bonds. The number of benzene rings is 2. The van der Waals surface area contributed by atoms with E-state index in [2.05, 4.69) is 15.6 Å². The number of aromatic nitrogens is 1. The molecule has 0 bridgehead atoms. The number of nitro benzene ring substituents is 1. The van der Waals surface area contributed by atoms with Crippen molar-refractivity contribution in [2.24, 2.45) is 0 Å². The lowest BCUT2D eigenvalue weighted by Gasteiger charge is -2.10. The van der Waals surface area contributed by atoms with E-state index in [1.807, 2.05) is 0 Å². The minimum atomic E-state index is -0.427. The van der Waals surface area contributed by atoms with Crippen LogP contribution in [0.2, 0.25) is 0 Å². The molecule has 0 unspecified atom stereocenters. The third-order valence-corrected chi connectivity index (χ3v) is 3.49. The highest BCUT2D eigenvalue weighted by atomic mass is 16.6. The molecular weight excluding hydrogens is 324 g/mol. The summed E-state index contributed by atoms with van der Waals surface area (Å²) >= 11 is 0. The van der Waals surface area contributed by atoms with E-state index in [0.29, 0.717) is 28.1 Å². The minimum Gasteiger partial charge on any atom is -0.457 e. The fourth-order valence-electron chi connectivity index (χ4n) is 2.35. The van der Waals surface area contributed by atoms with Crippen LogP contribution in [-0.2, 0) is 0 Å². The SMILES string of the molecule is CNC(=O)Nc1cc(Oc2ccc([N+](=O)[O-])c3ccccc23)ccn1. The molecule has 0 radical (unpaired) electrons. The number of carbonyl (C=O) groups excluding carboxylic acids is 1. The highest BCUT2D eigenvalue weighted by molar-refractivity contribution is 5.95. The summed E-state index contributed by atoms with van der Waals surface area (Å²) in [6.45, 7) is 0. The molecule has 0 aliphatic rings. The van der Waals surface area contributed by atoms with Gasteiger partial charge in [-0.3, -0.25) is 15.4 Å². The van der Waals surface area contributed by atoms with Gasteiger partial charge in [-0.25, -0.2) is 9.78 Å². The van der Waals surface area contributed by atoms with Crippen LogP contribution in [0.5, 0.6) is 11.5 Å². The van der Waals surface area contributed by atoms with Crippen LogP contribution >= 0.6 is 0 Å². The number of ether oxygens (including phenoxy) is 1. The maximum Gasteiger partial charge on any atom is 0.320 e. The number of rotatable bonds is 4. The lowest BCUT2D eigenvalue weighted by Crippen LogP contribution is -2.24. The Morgan fingerprint density at radius 1 is 1.16 bits per heavy atom. The topological polar surface area (TPSA) is 106 Å². The van der Waals surface area contributed by atoms with Gasteiger partial charge in [0.15, 0.2) is 0 Å². The number of hydrogen-bond acceptors (Lipinski definition) is 5. The number of nitrogens with zero attached hydrogens (tertiary/aromatic N) is 2. The van der Waals surface area contributed by atoms with Gasteiger partial charge < -0.3 is 10.1 Å². The van der Waals surface area contributed by atoms with Crippen LogP contribution in [0.25, 0.3) is 10.8 Å². The van der Waals surface area contributed by atoms with Crippen molar-refractivity contribution in [3.05, 3.63) is 64.8 Å². The Bertz CT molecular complexity index is 958. The molecular formula is C17H14N4O4. The Morgan fingerprint density at radius 2 is 1.92 bits per heavy atom. The van der Waals surface area contributed by atoms with Gasteiger partial charge in [0.25, 0.3) is 5.69 Å².